The van der Waals surface area contributed by atoms with Gasteiger partial charge in [0.2, 0.25) is 0 Å². The van der Waals surface area contributed by atoms with Gasteiger partial charge < -0.3 is 8.83 Å². The third-order valence-electron chi connectivity index (χ3n) is 7.01. The average molecular weight is 568 g/mol. The van der Waals surface area contributed by atoms with Crippen molar-refractivity contribution in [2.45, 2.75) is 0 Å². The van der Waals surface area contributed by atoms with Gasteiger partial charge >= 0.3 is 0 Å². The van der Waals surface area contributed by atoms with Crippen molar-refractivity contribution in [2.24, 2.45) is 0 Å². The first-order valence-electron chi connectivity index (χ1n) is 12.6. The van der Waals surface area contributed by atoms with Crippen molar-refractivity contribution >= 4 is 59.8 Å². The Bertz CT molecular complexity index is 2080. The lowest BCUT2D eigenvalue weighted by Crippen LogP contribution is -2.00. The van der Waals surface area contributed by atoms with Crippen molar-refractivity contribution in [1.29, 1.82) is 0 Å². The number of halogens is 1. The first-order valence-corrected chi connectivity index (χ1v) is 13.4. The molecule has 0 aliphatic heterocycles. The van der Waals surface area contributed by atoms with Gasteiger partial charge in [0.15, 0.2) is 17.5 Å². The van der Waals surface area contributed by atoms with Gasteiger partial charge in [-0.2, -0.15) is 0 Å². The van der Waals surface area contributed by atoms with Crippen LogP contribution in [0.15, 0.2) is 123 Å². The van der Waals surface area contributed by atoms with Crippen LogP contribution in [0.25, 0.3) is 78.0 Å². The second-order valence-corrected chi connectivity index (χ2v) is 10.3. The van der Waals surface area contributed by atoms with Crippen LogP contribution in [-0.4, -0.2) is 15.0 Å². The summed E-state index contributed by atoms with van der Waals surface area (Å²) >= 11 is 3.59. The van der Waals surface area contributed by atoms with Gasteiger partial charge in [-0.25, -0.2) is 15.0 Å². The summed E-state index contributed by atoms with van der Waals surface area (Å²) in [6.45, 7) is 0. The third-order valence-corrected chi connectivity index (χ3v) is 7.50. The number of benzene rings is 5. The minimum Gasteiger partial charge on any atom is -0.455 e. The maximum Gasteiger partial charge on any atom is 0.167 e. The van der Waals surface area contributed by atoms with E-state index in [0.29, 0.717) is 17.5 Å². The molecule has 0 saturated heterocycles. The van der Waals surface area contributed by atoms with Crippen LogP contribution in [0.4, 0.5) is 0 Å². The Balaban J connectivity index is 1.43. The highest BCUT2D eigenvalue weighted by Gasteiger charge is 2.20. The standard InChI is InChI=1S/C33H18BrN3O2/c34-20-9-5-8-19(18-20)31-35-32(25-14-6-12-23-21-10-1-3-16-27(21)38-29(23)25)37-33(36-31)26-15-7-13-24-22-11-2-4-17-28(22)39-30(24)26/h1-18H. The van der Waals surface area contributed by atoms with Gasteiger partial charge in [-0.3, -0.25) is 0 Å². The third kappa shape index (κ3) is 3.56. The molecule has 0 atom stereocenters. The quantitative estimate of drug-likeness (QED) is 0.212. The van der Waals surface area contributed by atoms with Crippen LogP contribution >= 0.6 is 15.9 Å². The molecule has 3 heterocycles. The Hall–Kier alpha value is -4.81. The minimum atomic E-state index is 0.535. The fourth-order valence-electron chi connectivity index (χ4n) is 5.22. The average Bonchev–Trinajstić information content (AvgIpc) is 3.55. The molecule has 39 heavy (non-hydrogen) atoms. The maximum absolute atomic E-state index is 6.33. The SMILES string of the molecule is Brc1cccc(-c2nc(-c3cccc4c3oc3ccccc34)nc(-c3cccc4c3oc3ccccc34)n2)c1. The summed E-state index contributed by atoms with van der Waals surface area (Å²) in [5.41, 5.74) is 5.64. The molecular weight excluding hydrogens is 550 g/mol. The van der Waals surface area contributed by atoms with Crippen molar-refractivity contribution < 1.29 is 8.83 Å². The summed E-state index contributed by atoms with van der Waals surface area (Å²) in [5, 5.41) is 4.16. The zero-order valence-electron chi connectivity index (χ0n) is 20.4. The highest BCUT2D eigenvalue weighted by Crippen LogP contribution is 2.38. The molecule has 8 rings (SSSR count). The molecule has 5 nitrogen and oxygen atoms in total. The molecule has 0 unspecified atom stereocenters. The van der Waals surface area contributed by atoms with E-state index in [0.717, 1.165) is 65.0 Å². The number of aromatic nitrogens is 3. The largest absolute Gasteiger partial charge is 0.455 e. The van der Waals surface area contributed by atoms with Crippen LogP contribution < -0.4 is 0 Å². The summed E-state index contributed by atoms with van der Waals surface area (Å²) < 4.78 is 13.6. The van der Waals surface area contributed by atoms with Crippen LogP contribution in [0, 0.1) is 0 Å². The lowest BCUT2D eigenvalue weighted by Gasteiger charge is -2.09. The summed E-state index contributed by atoms with van der Waals surface area (Å²) in [7, 11) is 0. The molecule has 6 heteroatoms. The van der Waals surface area contributed by atoms with Crippen molar-refractivity contribution in [3.63, 3.8) is 0 Å². The van der Waals surface area contributed by atoms with E-state index in [9.17, 15) is 0 Å². The molecular formula is C33H18BrN3O2. The molecule has 0 radical (unpaired) electrons. The molecule has 5 aromatic carbocycles. The topological polar surface area (TPSA) is 65.0 Å². The lowest BCUT2D eigenvalue weighted by atomic mass is 10.1. The van der Waals surface area contributed by atoms with E-state index in [-0.39, 0.29) is 0 Å². The Kier molecular flexibility index (Phi) is 4.90. The van der Waals surface area contributed by atoms with Crippen molar-refractivity contribution in [1.82, 2.24) is 15.0 Å². The molecule has 0 spiro atoms. The zero-order valence-corrected chi connectivity index (χ0v) is 22.0. The molecule has 0 fully saturated rings. The molecule has 0 aliphatic rings. The zero-order chi connectivity index (χ0) is 25.9. The van der Waals surface area contributed by atoms with E-state index < -0.39 is 0 Å². The van der Waals surface area contributed by atoms with Crippen molar-refractivity contribution in [2.75, 3.05) is 0 Å². The number of nitrogens with zero attached hydrogens (tertiary/aromatic N) is 3. The number of rotatable bonds is 3. The smallest absolute Gasteiger partial charge is 0.167 e. The highest BCUT2D eigenvalue weighted by atomic mass is 79.9. The Morgan fingerprint density at radius 1 is 0.462 bits per heavy atom. The second kappa shape index (κ2) is 8.61. The maximum atomic E-state index is 6.33. The van der Waals surface area contributed by atoms with Crippen LogP contribution in [0.1, 0.15) is 0 Å². The van der Waals surface area contributed by atoms with Crippen LogP contribution in [-0.2, 0) is 0 Å². The van der Waals surface area contributed by atoms with Gasteiger partial charge in [-0.15, -0.1) is 0 Å². The first-order chi connectivity index (χ1) is 19.2. The van der Waals surface area contributed by atoms with Gasteiger partial charge in [0.1, 0.15) is 22.3 Å². The van der Waals surface area contributed by atoms with E-state index >= 15 is 0 Å². The summed E-state index contributed by atoms with van der Waals surface area (Å²) in [6.07, 6.45) is 0. The molecule has 3 aromatic heterocycles. The minimum absolute atomic E-state index is 0.535. The van der Waals surface area contributed by atoms with Crippen LogP contribution in [0.3, 0.4) is 0 Å². The van der Waals surface area contributed by atoms with E-state index in [4.69, 9.17) is 23.8 Å². The van der Waals surface area contributed by atoms with Gasteiger partial charge in [-0.1, -0.05) is 88.7 Å². The highest BCUT2D eigenvalue weighted by molar-refractivity contribution is 9.10. The molecule has 0 N–H and O–H groups in total. The van der Waals surface area contributed by atoms with Crippen molar-refractivity contribution in [3.05, 3.63) is 114 Å². The number of hydrogen-bond donors (Lipinski definition) is 0. The fraction of sp³-hybridized carbons (Fsp3) is 0. The summed E-state index contributed by atoms with van der Waals surface area (Å²) in [4.78, 5) is 14.9. The normalized spacial score (nSPS) is 11.7. The number of hydrogen-bond acceptors (Lipinski definition) is 5. The lowest BCUT2D eigenvalue weighted by molar-refractivity contribution is 0.669. The summed E-state index contributed by atoms with van der Waals surface area (Å²) in [6, 6.07) is 36.2. The molecule has 184 valence electrons. The van der Waals surface area contributed by atoms with E-state index in [1.165, 1.54) is 0 Å². The predicted octanol–water partition coefficient (Wildman–Crippen LogP) is 9.43. The molecule has 0 saturated carbocycles. The van der Waals surface area contributed by atoms with Gasteiger partial charge in [0.25, 0.3) is 0 Å². The molecule has 0 amide bonds. The van der Waals surface area contributed by atoms with E-state index in [2.05, 4.69) is 40.2 Å². The van der Waals surface area contributed by atoms with Crippen LogP contribution in [0.5, 0.6) is 0 Å². The Morgan fingerprint density at radius 2 is 0.949 bits per heavy atom. The van der Waals surface area contributed by atoms with Crippen LogP contribution in [0.2, 0.25) is 0 Å². The van der Waals surface area contributed by atoms with Gasteiger partial charge in [0.05, 0.1) is 11.1 Å². The van der Waals surface area contributed by atoms with Gasteiger partial charge in [0, 0.05) is 31.6 Å². The monoisotopic (exact) mass is 567 g/mol. The predicted molar refractivity (Wildman–Crippen MR) is 158 cm³/mol. The van der Waals surface area contributed by atoms with E-state index in [1.54, 1.807) is 0 Å². The summed E-state index contributed by atoms with van der Waals surface area (Å²) in [5.74, 6) is 1.64. The first kappa shape index (κ1) is 22.2. The molecule has 8 aromatic rings. The van der Waals surface area contributed by atoms with Gasteiger partial charge in [-0.05, 0) is 36.4 Å². The van der Waals surface area contributed by atoms with E-state index in [1.807, 2.05) is 84.9 Å². The number of fused-ring (bicyclic) bond motifs is 6. The van der Waals surface area contributed by atoms with Crippen molar-refractivity contribution in [3.8, 4) is 34.2 Å². The number of para-hydroxylation sites is 4. The molecule has 0 bridgehead atoms. The second-order valence-electron chi connectivity index (χ2n) is 9.38. The molecule has 0 aliphatic carbocycles. The Labute approximate surface area is 230 Å². The number of furan rings is 2. The fourth-order valence-corrected chi connectivity index (χ4v) is 5.62. The Morgan fingerprint density at radius 3 is 1.51 bits per heavy atom.